The maximum Gasteiger partial charge on any atom is 0.101 e. The minimum atomic E-state index is 0.660. The van der Waals surface area contributed by atoms with Gasteiger partial charge in [-0.05, 0) is 65.7 Å². The SMILES string of the molecule is N#Cc1ccccc1-n1c2ccccc2c2cc(-c3cccc(-n4c5ccccc5c5ccccc54)c3)ccc21. The molecule has 0 atom stereocenters. The summed E-state index contributed by atoms with van der Waals surface area (Å²) in [5.74, 6) is 0. The highest BCUT2D eigenvalue weighted by Gasteiger charge is 2.16. The van der Waals surface area contributed by atoms with E-state index in [1.54, 1.807) is 0 Å². The molecule has 8 rings (SSSR count). The van der Waals surface area contributed by atoms with E-state index >= 15 is 0 Å². The van der Waals surface area contributed by atoms with E-state index in [2.05, 4.69) is 130 Å². The van der Waals surface area contributed by atoms with Gasteiger partial charge in [0.05, 0.1) is 33.3 Å². The van der Waals surface area contributed by atoms with Crippen molar-refractivity contribution in [2.45, 2.75) is 0 Å². The van der Waals surface area contributed by atoms with Crippen molar-refractivity contribution >= 4 is 43.6 Å². The summed E-state index contributed by atoms with van der Waals surface area (Å²) in [5.41, 5.74) is 9.61. The van der Waals surface area contributed by atoms with E-state index in [1.807, 2.05) is 24.3 Å². The van der Waals surface area contributed by atoms with E-state index in [0.717, 1.165) is 33.5 Å². The summed E-state index contributed by atoms with van der Waals surface area (Å²) in [6.45, 7) is 0. The predicted octanol–water partition coefficient (Wildman–Crippen LogP) is 9.42. The second-order valence-corrected chi connectivity index (χ2v) is 10.1. The smallest absolute Gasteiger partial charge is 0.101 e. The van der Waals surface area contributed by atoms with Crippen LogP contribution in [0.3, 0.4) is 0 Å². The third-order valence-corrected chi connectivity index (χ3v) is 7.96. The Balaban J connectivity index is 1.34. The van der Waals surface area contributed by atoms with Gasteiger partial charge in [-0.15, -0.1) is 0 Å². The molecule has 0 aliphatic heterocycles. The number of rotatable bonds is 3. The molecule has 0 saturated heterocycles. The summed E-state index contributed by atoms with van der Waals surface area (Å²) in [6.07, 6.45) is 0. The second kappa shape index (κ2) is 8.73. The summed E-state index contributed by atoms with van der Waals surface area (Å²) in [5, 5.41) is 14.7. The molecule has 0 radical (unpaired) electrons. The first kappa shape index (κ1) is 22.4. The Kier molecular flexibility index (Phi) is 4.89. The fourth-order valence-corrected chi connectivity index (χ4v) is 6.20. The highest BCUT2D eigenvalue weighted by Crippen LogP contribution is 2.37. The first-order chi connectivity index (χ1) is 19.8. The molecule has 3 heteroatoms. The third kappa shape index (κ3) is 3.24. The monoisotopic (exact) mass is 509 g/mol. The molecule has 0 aliphatic rings. The van der Waals surface area contributed by atoms with Crippen LogP contribution >= 0.6 is 0 Å². The summed E-state index contributed by atoms with van der Waals surface area (Å²) in [7, 11) is 0. The Hall–Kier alpha value is -5.59. The maximum atomic E-state index is 9.83. The van der Waals surface area contributed by atoms with Gasteiger partial charge in [-0.1, -0.05) is 84.9 Å². The molecule has 186 valence electrons. The van der Waals surface area contributed by atoms with Crippen LogP contribution in [0.4, 0.5) is 0 Å². The number of fused-ring (bicyclic) bond motifs is 6. The lowest BCUT2D eigenvalue weighted by Gasteiger charge is -2.11. The van der Waals surface area contributed by atoms with Crippen molar-refractivity contribution in [3.63, 3.8) is 0 Å². The van der Waals surface area contributed by atoms with E-state index in [1.165, 1.54) is 32.6 Å². The normalized spacial score (nSPS) is 11.5. The Labute approximate surface area is 231 Å². The van der Waals surface area contributed by atoms with E-state index in [-0.39, 0.29) is 0 Å². The lowest BCUT2D eigenvalue weighted by atomic mass is 10.0. The van der Waals surface area contributed by atoms with Gasteiger partial charge in [0.1, 0.15) is 6.07 Å². The molecular formula is C37H23N3. The first-order valence-electron chi connectivity index (χ1n) is 13.4. The van der Waals surface area contributed by atoms with Crippen LogP contribution in [0.2, 0.25) is 0 Å². The minimum absolute atomic E-state index is 0.660. The molecule has 8 aromatic rings. The Morgan fingerprint density at radius 3 is 1.68 bits per heavy atom. The van der Waals surface area contributed by atoms with Gasteiger partial charge in [-0.2, -0.15) is 5.26 Å². The molecule has 40 heavy (non-hydrogen) atoms. The molecule has 0 fully saturated rings. The zero-order valence-corrected chi connectivity index (χ0v) is 21.6. The fraction of sp³-hybridized carbons (Fsp3) is 0. The van der Waals surface area contributed by atoms with Crippen LogP contribution in [-0.2, 0) is 0 Å². The lowest BCUT2D eigenvalue weighted by Crippen LogP contribution is -1.97. The van der Waals surface area contributed by atoms with Crippen LogP contribution in [-0.4, -0.2) is 9.13 Å². The summed E-state index contributed by atoms with van der Waals surface area (Å²) in [6, 6.07) is 51.3. The standard InChI is InChI=1S/C37H23N3/c38-24-27-10-1-5-16-33(27)40-36-19-8-4-15-31(36)32-23-26(20-21-37(32)40)25-11-9-12-28(22-25)39-34-17-6-2-13-29(34)30-14-3-7-18-35(30)39/h1-23H. The van der Waals surface area contributed by atoms with Crippen LogP contribution in [0.5, 0.6) is 0 Å². The van der Waals surface area contributed by atoms with Crippen molar-refractivity contribution in [3.8, 4) is 28.6 Å². The summed E-state index contributed by atoms with van der Waals surface area (Å²) in [4.78, 5) is 0. The zero-order valence-electron chi connectivity index (χ0n) is 21.6. The maximum absolute atomic E-state index is 9.83. The van der Waals surface area contributed by atoms with Crippen molar-refractivity contribution in [2.24, 2.45) is 0 Å². The summed E-state index contributed by atoms with van der Waals surface area (Å²) < 4.78 is 4.57. The highest BCUT2D eigenvalue weighted by atomic mass is 15.0. The van der Waals surface area contributed by atoms with Crippen molar-refractivity contribution in [2.75, 3.05) is 0 Å². The third-order valence-electron chi connectivity index (χ3n) is 7.96. The van der Waals surface area contributed by atoms with Gasteiger partial charge in [0.15, 0.2) is 0 Å². The number of nitriles is 1. The second-order valence-electron chi connectivity index (χ2n) is 10.1. The van der Waals surface area contributed by atoms with Crippen LogP contribution in [0.15, 0.2) is 140 Å². The van der Waals surface area contributed by atoms with Gasteiger partial charge >= 0.3 is 0 Å². The molecule has 2 heterocycles. The number of hydrogen-bond acceptors (Lipinski definition) is 1. The Morgan fingerprint density at radius 1 is 0.425 bits per heavy atom. The number of hydrogen-bond donors (Lipinski definition) is 0. The van der Waals surface area contributed by atoms with Gasteiger partial charge < -0.3 is 9.13 Å². The van der Waals surface area contributed by atoms with Crippen LogP contribution in [0, 0.1) is 11.3 Å². The highest BCUT2D eigenvalue weighted by molar-refractivity contribution is 6.11. The number of aromatic nitrogens is 2. The van der Waals surface area contributed by atoms with Crippen LogP contribution in [0.25, 0.3) is 66.1 Å². The van der Waals surface area contributed by atoms with E-state index in [0.29, 0.717) is 5.56 Å². The predicted molar refractivity (Wildman–Crippen MR) is 165 cm³/mol. The molecule has 6 aromatic carbocycles. The van der Waals surface area contributed by atoms with E-state index in [4.69, 9.17) is 0 Å². The van der Waals surface area contributed by atoms with Crippen LogP contribution < -0.4 is 0 Å². The van der Waals surface area contributed by atoms with Crippen molar-refractivity contribution in [1.82, 2.24) is 9.13 Å². The lowest BCUT2D eigenvalue weighted by molar-refractivity contribution is 1.17. The molecule has 0 aliphatic carbocycles. The summed E-state index contributed by atoms with van der Waals surface area (Å²) >= 11 is 0. The zero-order chi connectivity index (χ0) is 26.6. The van der Waals surface area contributed by atoms with Gasteiger partial charge in [0, 0.05) is 27.2 Å². The van der Waals surface area contributed by atoms with Crippen molar-refractivity contribution < 1.29 is 0 Å². The molecule has 0 amide bonds. The first-order valence-corrected chi connectivity index (χ1v) is 13.4. The average molecular weight is 510 g/mol. The quantitative estimate of drug-likeness (QED) is 0.233. The Bertz CT molecular complexity index is 2240. The Morgan fingerprint density at radius 2 is 0.975 bits per heavy atom. The van der Waals surface area contributed by atoms with Crippen molar-refractivity contribution in [1.29, 1.82) is 5.26 Å². The molecular weight excluding hydrogens is 486 g/mol. The molecule has 0 saturated carbocycles. The number of nitrogens with zero attached hydrogens (tertiary/aromatic N) is 3. The van der Waals surface area contributed by atoms with Gasteiger partial charge in [0.25, 0.3) is 0 Å². The largest absolute Gasteiger partial charge is 0.309 e. The molecule has 3 nitrogen and oxygen atoms in total. The minimum Gasteiger partial charge on any atom is -0.309 e. The fourth-order valence-electron chi connectivity index (χ4n) is 6.20. The topological polar surface area (TPSA) is 33.6 Å². The number of para-hydroxylation sites is 4. The van der Waals surface area contributed by atoms with Gasteiger partial charge in [0.2, 0.25) is 0 Å². The molecule has 0 N–H and O–H groups in total. The average Bonchev–Trinajstić information content (AvgIpc) is 3.54. The van der Waals surface area contributed by atoms with Gasteiger partial charge in [-0.3, -0.25) is 0 Å². The van der Waals surface area contributed by atoms with E-state index < -0.39 is 0 Å². The van der Waals surface area contributed by atoms with Crippen LogP contribution in [0.1, 0.15) is 5.56 Å². The molecule has 2 aromatic heterocycles. The van der Waals surface area contributed by atoms with E-state index in [9.17, 15) is 5.26 Å². The number of benzene rings is 6. The van der Waals surface area contributed by atoms with Crippen molar-refractivity contribution in [3.05, 3.63) is 145 Å². The molecule has 0 unspecified atom stereocenters. The molecule has 0 spiro atoms. The molecule has 0 bridgehead atoms. The van der Waals surface area contributed by atoms with Gasteiger partial charge in [-0.25, -0.2) is 0 Å².